The minimum absolute atomic E-state index is 0. The van der Waals surface area contributed by atoms with Crippen molar-refractivity contribution >= 4 is 18.3 Å². The fraction of sp³-hybridized carbons (Fsp3) is 0.562. The first-order chi connectivity index (χ1) is 9.72. The monoisotopic (exact) mass is 312 g/mol. The van der Waals surface area contributed by atoms with Crippen LogP contribution in [-0.2, 0) is 11.2 Å². The molecule has 118 valence electrons. The highest BCUT2D eigenvalue weighted by atomic mass is 35.5. The normalized spacial score (nSPS) is 18.0. The third kappa shape index (κ3) is 5.21. The predicted octanol–water partition coefficient (Wildman–Crippen LogP) is 2.12. The zero-order valence-corrected chi connectivity index (χ0v) is 13.6. The Morgan fingerprint density at radius 3 is 3.00 bits per heavy atom. The molecule has 1 heterocycles. The molecular weight excluding hydrogens is 288 g/mol. The molecule has 0 radical (unpaired) electrons. The minimum atomic E-state index is 0. The van der Waals surface area contributed by atoms with Gasteiger partial charge in [0.1, 0.15) is 5.75 Å². The van der Waals surface area contributed by atoms with Gasteiger partial charge in [0.2, 0.25) is 5.91 Å². The Balaban J connectivity index is 0.00000220. The third-order valence-electron chi connectivity index (χ3n) is 3.85. The van der Waals surface area contributed by atoms with Gasteiger partial charge in [0.05, 0.1) is 13.5 Å². The number of carbonyl (C=O) groups excluding carboxylic acids is 1. The largest absolute Gasteiger partial charge is 0.497 e. The van der Waals surface area contributed by atoms with E-state index >= 15 is 0 Å². The molecule has 0 bridgehead atoms. The summed E-state index contributed by atoms with van der Waals surface area (Å²) >= 11 is 0. The first-order valence-corrected chi connectivity index (χ1v) is 7.28. The van der Waals surface area contributed by atoms with Crippen LogP contribution in [0.4, 0.5) is 0 Å². The van der Waals surface area contributed by atoms with E-state index in [4.69, 9.17) is 4.74 Å². The number of hydrogen-bond donors (Lipinski definition) is 1. The Hall–Kier alpha value is -1.26. The van der Waals surface area contributed by atoms with Gasteiger partial charge in [0.15, 0.2) is 0 Å². The van der Waals surface area contributed by atoms with Gasteiger partial charge in [-0.3, -0.25) is 4.79 Å². The van der Waals surface area contributed by atoms with Crippen LogP contribution in [0.2, 0.25) is 0 Å². The Labute approximate surface area is 133 Å². The van der Waals surface area contributed by atoms with Crippen molar-refractivity contribution in [1.29, 1.82) is 0 Å². The molecule has 1 aromatic rings. The predicted molar refractivity (Wildman–Crippen MR) is 87.2 cm³/mol. The number of piperidine rings is 1. The van der Waals surface area contributed by atoms with E-state index in [0.717, 1.165) is 37.4 Å². The smallest absolute Gasteiger partial charge is 0.227 e. The van der Waals surface area contributed by atoms with Crippen molar-refractivity contribution in [3.63, 3.8) is 0 Å². The second kappa shape index (κ2) is 8.90. The quantitative estimate of drug-likeness (QED) is 0.905. The van der Waals surface area contributed by atoms with E-state index in [9.17, 15) is 4.79 Å². The maximum atomic E-state index is 12.4. The highest BCUT2D eigenvalue weighted by Gasteiger charge is 2.23. The van der Waals surface area contributed by atoms with E-state index in [1.165, 1.54) is 6.42 Å². The summed E-state index contributed by atoms with van der Waals surface area (Å²) in [6.45, 7) is 2.76. The number of rotatable bonds is 5. The molecule has 1 fully saturated rings. The van der Waals surface area contributed by atoms with Gasteiger partial charge in [0, 0.05) is 13.1 Å². The van der Waals surface area contributed by atoms with Crippen LogP contribution in [0, 0.1) is 5.92 Å². The lowest BCUT2D eigenvalue weighted by molar-refractivity contribution is -0.132. The number of carbonyl (C=O) groups is 1. The molecule has 0 saturated carbocycles. The van der Waals surface area contributed by atoms with Crippen LogP contribution in [0.25, 0.3) is 0 Å². The van der Waals surface area contributed by atoms with Crippen LogP contribution in [0.15, 0.2) is 24.3 Å². The topological polar surface area (TPSA) is 41.6 Å². The van der Waals surface area contributed by atoms with Gasteiger partial charge in [-0.25, -0.2) is 0 Å². The highest BCUT2D eigenvalue weighted by molar-refractivity contribution is 5.85. The molecular formula is C16H25ClN2O2. The minimum Gasteiger partial charge on any atom is -0.497 e. The number of halogens is 1. The van der Waals surface area contributed by atoms with E-state index < -0.39 is 0 Å². The number of ether oxygens (including phenoxy) is 1. The molecule has 1 N–H and O–H groups in total. The van der Waals surface area contributed by atoms with Crippen LogP contribution in [0.3, 0.4) is 0 Å². The zero-order valence-electron chi connectivity index (χ0n) is 12.8. The number of benzene rings is 1. The van der Waals surface area contributed by atoms with Crippen LogP contribution in [0.1, 0.15) is 18.4 Å². The van der Waals surface area contributed by atoms with Gasteiger partial charge in [0.25, 0.3) is 0 Å². The Bertz CT molecular complexity index is 452. The van der Waals surface area contributed by atoms with E-state index in [1.807, 2.05) is 36.2 Å². The Kier molecular flexibility index (Phi) is 7.54. The van der Waals surface area contributed by atoms with Crippen molar-refractivity contribution in [2.75, 3.05) is 33.8 Å². The van der Waals surface area contributed by atoms with E-state index in [2.05, 4.69) is 5.32 Å². The van der Waals surface area contributed by atoms with Gasteiger partial charge in [-0.15, -0.1) is 12.4 Å². The fourth-order valence-corrected chi connectivity index (χ4v) is 2.82. The van der Waals surface area contributed by atoms with Crippen LogP contribution in [0.5, 0.6) is 5.75 Å². The summed E-state index contributed by atoms with van der Waals surface area (Å²) in [6.07, 6.45) is 2.78. The number of methoxy groups -OCH3 is 1. The maximum Gasteiger partial charge on any atom is 0.227 e. The molecule has 1 aliphatic heterocycles. The molecule has 4 nitrogen and oxygen atoms in total. The summed E-state index contributed by atoms with van der Waals surface area (Å²) in [4.78, 5) is 14.4. The Morgan fingerprint density at radius 2 is 2.29 bits per heavy atom. The number of nitrogens with one attached hydrogen (secondary N) is 1. The molecule has 1 aromatic carbocycles. The number of nitrogens with zero attached hydrogens (tertiary/aromatic N) is 1. The second-order valence-corrected chi connectivity index (χ2v) is 5.43. The van der Waals surface area contributed by atoms with Crippen molar-refractivity contribution in [3.05, 3.63) is 29.8 Å². The molecule has 0 spiro atoms. The summed E-state index contributed by atoms with van der Waals surface area (Å²) in [7, 11) is 3.62. The van der Waals surface area contributed by atoms with Crippen molar-refractivity contribution in [2.24, 2.45) is 5.92 Å². The molecule has 0 aliphatic carbocycles. The van der Waals surface area contributed by atoms with Gasteiger partial charge in [-0.2, -0.15) is 0 Å². The second-order valence-electron chi connectivity index (χ2n) is 5.43. The number of likely N-dealkylation sites (tertiary alicyclic amines) is 1. The van der Waals surface area contributed by atoms with E-state index in [0.29, 0.717) is 12.3 Å². The van der Waals surface area contributed by atoms with Crippen molar-refractivity contribution in [2.45, 2.75) is 19.3 Å². The summed E-state index contributed by atoms with van der Waals surface area (Å²) in [5.41, 5.74) is 1.02. The zero-order chi connectivity index (χ0) is 14.4. The fourth-order valence-electron chi connectivity index (χ4n) is 2.82. The van der Waals surface area contributed by atoms with Crippen LogP contribution < -0.4 is 10.1 Å². The van der Waals surface area contributed by atoms with Crippen molar-refractivity contribution in [3.8, 4) is 5.75 Å². The SMILES string of the molecule is CNCC1CCCN(C(=O)Cc2cccc(OC)c2)C1.Cl. The molecule has 21 heavy (non-hydrogen) atoms. The van der Waals surface area contributed by atoms with Crippen LogP contribution >= 0.6 is 12.4 Å². The first-order valence-electron chi connectivity index (χ1n) is 7.28. The van der Waals surface area contributed by atoms with E-state index in [-0.39, 0.29) is 18.3 Å². The van der Waals surface area contributed by atoms with Crippen molar-refractivity contribution < 1.29 is 9.53 Å². The van der Waals surface area contributed by atoms with Gasteiger partial charge in [-0.05, 0) is 50.0 Å². The highest BCUT2D eigenvalue weighted by Crippen LogP contribution is 2.18. The lowest BCUT2D eigenvalue weighted by Gasteiger charge is -2.32. The molecule has 1 atom stereocenters. The number of hydrogen-bond acceptors (Lipinski definition) is 3. The summed E-state index contributed by atoms with van der Waals surface area (Å²) in [5.74, 6) is 1.61. The van der Waals surface area contributed by atoms with Crippen LogP contribution in [-0.4, -0.2) is 44.6 Å². The molecule has 1 saturated heterocycles. The third-order valence-corrected chi connectivity index (χ3v) is 3.85. The maximum absolute atomic E-state index is 12.4. The lowest BCUT2D eigenvalue weighted by Crippen LogP contribution is -2.43. The van der Waals surface area contributed by atoms with Gasteiger partial charge >= 0.3 is 0 Å². The molecule has 0 aromatic heterocycles. The standard InChI is InChI=1S/C16H24N2O2.ClH/c1-17-11-14-6-4-8-18(12-14)16(19)10-13-5-3-7-15(9-13)20-2;/h3,5,7,9,14,17H,4,6,8,10-12H2,1-2H3;1H. The van der Waals surface area contributed by atoms with Gasteiger partial charge < -0.3 is 15.0 Å². The average Bonchev–Trinajstić information content (AvgIpc) is 2.48. The van der Waals surface area contributed by atoms with Gasteiger partial charge in [-0.1, -0.05) is 12.1 Å². The lowest BCUT2D eigenvalue weighted by atomic mass is 9.97. The number of amides is 1. The average molecular weight is 313 g/mol. The Morgan fingerprint density at radius 1 is 1.48 bits per heavy atom. The molecule has 2 rings (SSSR count). The first kappa shape index (κ1) is 17.8. The summed E-state index contributed by atoms with van der Waals surface area (Å²) < 4.78 is 5.20. The molecule has 1 amide bonds. The van der Waals surface area contributed by atoms with Crippen molar-refractivity contribution in [1.82, 2.24) is 10.2 Å². The molecule has 5 heteroatoms. The molecule has 1 aliphatic rings. The summed E-state index contributed by atoms with van der Waals surface area (Å²) in [5, 5.41) is 3.21. The summed E-state index contributed by atoms with van der Waals surface area (Å²) in [6, 6.07) is 7.75. The molecule has 1 unspecified atom stereocenters. The van der Waals surface area contributed by atoms with E-state index in [1.54, 1.807) is 7.11 Å².